The molecular weight excluding hydrogens is 270 g/mol. The Kier molecular flexibility index (Phi) is 3.60. The summed E-state index contributed by atoms with van der Waals surface area (Å²) in [6.07, 6.45) is 0.690. The van der Waals surface area contributed by atoms with Gasteiger partial charge in [0.25, 0.3) is 11.8 Å². The molecular formula is C15H17N3O3. The highest BCUT2D eigenvalue weighted by atomic mass is 16.5. The van der Waals surface area contributed by atoms with Gasteiger partial charge in [0.1, 0.15) is 0 Å². The second-order valence-electron chi connectivity index (χ2n) is 5.55. The highest BCUT2D eigenvalue weighted by Crippen LogP contribution is 2.26. The fourth-order valence-electron chi connectivity index (χ4n) is 2.74. The molecule has 1 aromatic carbocycles. The molecule has 6 nitrogen and oxygen atoms in total. The topological polar surface area (TPSA) is 79.5 Å². The summed E-state index contributed by atoms with van der Waals surface area (Å²) in [5.41, 5.74) is 0.857. The van der Waals surface area contributed by atoms with Crippen molar-refractivity contribution in [2.24, 2.45) is 11.8 Å². The first-order chi connectivity index (χ1) is 10.1. The fraction of sp³-hybridized carbons (Fsp3) is 0.400. The van der Waals surface area contributed by atoms with E-state index in [4.69, 9.17) is 4.52 Å². The Bertz CT molecular complexity index is 626. The average Bonchev–Trinajstić information content (AvgIpc) is 2.97. The fourth-order valence-corrected chi connectivity index (χ4v) is 2.74. The molecule has 1 fully saturated rings. The van der Waals surface area contributed by atoms with Crippen LogP contribution in [0.4, 0.5) is 5.95 Å². The van der Waals surface area contributed by atoms with Gasteiger partial charge in [-0.2, -0.15) is 4.98 Å². The number of hydrogen-bond donors (Lipinski definition) is 1. The molecule has 0 spiro atoms. The third-order valence-electron chi connectivity index (χ3n) is 3.73. The van der Waals surface area contributed by atoms with Crippen LogP contribution < -0.4 is 4.90 Å². The van der Waals surface area contributed by atoms with E-state index in [1.807, 2.05) is 42.2 Å². The van der Waals surface area contributed by atoms with Crippen molar-refractivity contribution >= 4 is 11.9 Å². The minimum absolute atomic E-state index is 0.290. The van der Waals surface area contributed by atoms with Crippen LogP contribution in [0.2, 0.25) is 0 Å². The molecule has 1 aliphatic rings. The first-order valence-corrected chi connectivity index (χ1v) is 7.00. The predicted octanol–water partition coefficient (Wildman–Crippen LogP) is 2.28. The summed E-state index contributed by atoms with van der Waals surface area (Å²) in [4.78, 5) is 17.5. The normalized spacial score (nSPS) is 22.2. The van der Waals surface area contributed by atoms with Crippen LogP contribution in [0.25, 0.3) is 11.5 Å². The van der Waals surface area contributed by atoms with Crippen LogP contribution >= 0.6 is 0 Å². The van der Waals surface area contributed by atoms with Gasteiger partial charge in [-0.05, 0) is 29.6 Å². The Balaban J connectivity index is 1.81. The number of carboxylic acid groups (broad SMARTS) is 1. The monoisotopic (exact) mass is 287 g/mol. The number of aliphatic carboxylic acids is 1. The standard InChI is InChI=1S/C15H17N3O3/c1-10-7-12(14(19)20)9-18(8-10)15-16-13(21-17-15)11-5-3-2-4-6-11/h2-6,10,12H,7-9H2,1H3,(H,19,20). The summed E-state index contributed by atoms with van der Waals surface area (Å²) in [7, 11) is 0. The average molecular weight is 287 g/mol. The number of aromatic nitrogens is 2. The summed E-state index contributed by atoms with van der Waals surface area (Å²) < 4.78 is 5.28. The molecule has 2 aromatic rings. The van der Waals surface area contributed by atoms with Crippen molar-refractivity contribution in [2.75, 3.05) is 18.0 Å². The van der Waals surface area contributed by atoms with E-state index in [-0.39, 0.29) is 5.92 Å². The molecule has 2 heterocycles. The number of hydrogen-bond acceptors (Lipinski definition) is 5. The number of anilines is 1. The van der Waals surface area contributed by atoms with Crippen molar-refractivity contribution in [3.05, 3.63) is 30.3 Å². The molecule has 0 saturated carbocycles. The molecule has 0 amide bonds. The lowest BCUT2D eigenvalue weighted by molar-refractivity contribution is -0.142. The van der Waals surface area contributed by atoms with E-state index in [9.17, 15) is 9.90 Å². The predicted molar refractivity (Wildman–Crippen MR) is 76.9 cm³/mol. The molecule has 3 rings (SSSR count). The number of benzene rings is 1. The van der Waals surface area contributed by atoms with E-state index in [1.165, 1.54) is 0 Å². The van der Waals surface area contributed by atoms with Gasteiger partial charge in [0.15, 0.2) is 0 Å². The third kappa shape index (κ3) is 2.89. The maximum atomic E-state index is 11.2. The smallest absolute Gasteiger partial charge is 0.308 e. The van der Waals surface area contributed by atoms with E-state index in [0.717, 1.165) is 12.1 Å². The van der Waals surface area contributed by atoms with Crippen molar-refractivity contribution in [3.8, 4) is 11.5 Å². The van der Waals surface area contributed by atoms with Gasteiger partial charge in [-0.3, -0.25) is 4.79 Å². The summed E-state index contributed by atoms with van der Waals surface area (Å²) in [6.45, 7) is 3.21. The number of rotatable bonds is 3. The zero-order valence-electron chi connectivity index (χ0n) is 11.8. The maximum Gasteiger partial charge on any atom is 0.308 e. The lowest BCUT2D eigenvalue weighted by Crippen LogP contribution is -2.43. The lowest BCUT2D eigenvalue weighted by Gasteiger charge is -2.33. The summed E-state index contributed by atoms with van der Waals surface area (Å²) in [6, 6.07) is 9.53. The highest BCUT2D eigenvalue weighted by Gasteiger charge is 2.31. The second kappa shape index (κ2) is 5.55. The van der Waals surface area contributed by atoms with E-state index < -0.39 is 5.97 Å². The van der Waals surface area contributed by atoms with Crippen LogP contribution in [-0.2, 0) is 4.79 Å². The van der Waals surface area contributed by atoms with Crippen LogP contribution in [0.3, 0.4) is 0 Å². The van der Waals surface area contributed by atoms with E-state index >= 15 is 0 Å². The molecule has 0 bridgehead atoms. The molecule has 6 heteroatoms. The molecule has 2 atom stereocenters. The maximum absolute atomic E-state index is 11.2. The Hall–Kier alpha value is -2.37. The van der Waals surface area contributed by atoms with Gasteiger partial charge in [-0.25, -0.2) is 0 Å². The second-order valence-corrected chi connectivity index (χ2v) is 5.55. The van der Waals surface area contributed by atoms with Crippen LogP contribution in [0.5, 0.6) is 0 Å². The molecule has 21 heavy (non-hydrogen) atoms. The van der Waals surface area contributed by atoms with Crippen molar-refractivity contribution in [1.29, 1.82) is 0 Å². The zero-order chi connectivity index (χ0) is 14.8. The minimum atomic E-state index is -0.765. The zero-order valence-corrected chi connectivity index (χ0v) is 11.8. The number of carbonyl (C=O) groups is 1. The summed E-state index contributed by atoms with van der Waals surface area (Å²) >= 11 is 0. The third-order valence-corrected chi connectivity index (χ3v) is 3.73. The van der Waals surface area contributed by atoms with E-state index in [0.29, 0.717) is 30.7 Å². The Morgan fingerprint density at radius 1 is 1.33 bits per heavy atom. The first-order valence-electron chi connectivity index (χ1n) is 7.00. The summed E-state index contributed by atoms with van der Waals surface area (Å²) in [5, 5.41) is 13.2. The van der Waals surface area contributed by atoms with Crippen molar-refractivity contribution in [2.45, 2.75) is 13.3 Å². The molecule has 1 N–H and O–H groups in total. The van der Waals surface area contributed by atoms with Gasteiger partial charge in [0, 0.05) is 18.7 Å². The molecule has 1 aromatic heterocycles. The van der Waals surface area contributed by atoms with Gasteiger partial charge in [0.05, 0.1) is 5.92 Å². The Morgan fingerprint density at radius 3 is 2.81 bits per heavy atom. The molecule has 110 valence electrons. The van der Waals surface area contributed by atoms with Gasteiger partial charge in [0.2, 0.25) is 0 Å². The molecule has 1 aliphatic heterocycles. The van der Waals surface area contributed by atoms with E-state index in [1.54, 1.807) is 0 Å². The van der Waals surface area contributed by atoms with Gasteiger partial charge < -0.3 is 14.5 Å². The van der Waals surface area contributed by atoms with Crippen molar-refractivity contribution in [1.82, 2.24) is 10.1 Å². The molecule has 0 aliphatic carbocycles. The number of piperidine rings is 1. The minimum Gasteiger partial charge on any atom is -0.481 e. The Morgan fingerprint density at radius 2 is 2.10 bits per heavy atom. The summed E-state index contributed by atoms with van der Waals surface area (Å²) in [5.74, 6) is 0.0617. The number of nitrogens with zero attached hydrogens (tertiary/aromatic N) is 3. The van der Waals surface area contributed by atoms with Crippen LogP contribution in [0.15, 0.2) is 34.9 Å². The van der Waals surface area contributed by atoms with Crippen LogP contribution in [0.1, 0.15) is 13.3 Å². The van der Waals surface area contributed by atoms with Crippen molar-refractivity contribution < 1.29 is 14.4 Å². The first kappa shape index (κ1) is 13.6. The van der Waals surface area contributed by atoms with Crippen LogP contribution in [0, 0.1) is 11.8 Å². The molecule has 1 saturated heterocycles. The van der Waals surface area contributed by atoms with Crippen LogP contribution in [-0.4, -0.2) is 34.3 Å². The molecule has 2 unspecified atom stereocenters. The van der Waals surface area contributed by atoms with Crippen molar-refractivity contribution in [3.63, 3.8) is 0 Å². The molecule has 0 radical (unpaired) electrons. The lowest BCUT2D eigenvalue weighted by atomic mass is 9.91. The van der Waals surface area contributed by atoms with E-state index in [2.05, 4.69) is 10.1 Å². The van der Waals surface area contributed by atoms with Gasteiger partial charge in [-0.1, -0.05) is 25.1 Å². The Labute approximate surface area is 122 Å². The quantitative estimate of drug-likeness (QED) is 0.933. The highest BCUT2D eigenvalue weighted by molar-refractivity contribution is 5.71. The largest absolute Gasteiger partial charge is 0.481 e. The van der Waals surface area contributed by atoms with Gasteiger partial charge in [-0.15, -0.1) is 0 Å². The van der Waals surface area contributed by atoms with Gasteiger partial charge >= 0.3 is 5.97 Å². The number of carboxylic acids is 1. The SMILES string of the molecule is CC1CC(C(=O)O)CN(c2noc(-c3ccccc3)n2)C1.